The fourth-order valence-electron chi connectivity index (χ4n) is 4.24. The van der Waals surface area contributed by atoms with E-state index in [2.05, 4.69) is 18.2 Å². The van der Waals surface area contributed by atoms with E-state index in [9.17, 15) is 4.79 Å². The van der Waals surface area contributed by atoms with Crippen molar-refractivity contribution in [3.8, 4) is 0 Å². The zero-order chi connectivity index (χ0) is 21.1. The van der Waals surface area contributed by atoms with Crippen LogP contribution < -0.4 is 4.90 Å². The summed E-state index contributed by atoms with van der Waals surface area (Å²) in [5, 5.41) is 0. The molecule has 158 valence electrons. The number of carbonyl (C=O) groups excluding carboxylic acids is 1. The molecule has 0 N–H and O–H groups in total. The van der Waals surface area contributed by atoms with Crippen molar-refractivity contribution in [2.45, 2.75) is 64.6 Å². The maximum absolute atomic E-state index is 13.0. The Kier molecular flexibility index (Phi) is 6.18. The second-order valence-corrected chi connectivity index (χ2v) is 8.51. The van der Waals surface area contributed by atoms with Crippen LogP contribution in [-0.4, -0.2) is 28.4 Å². The van der Waals surface area contributed by atoms with Crippen molar-refractivity contribution in [3.05, 3.63) is 65.6 Å². The second kappa shape index (κ2) is 9.00. The van der Waals surface area contributed by atoms with Crippen molar-refractivity contribution in [1.29, 1.82) is 0 Å². The number of anilines is 1. The Labute approximate surface area is 178 Å². The van der Waals surface area contributed by atoms with Crippen molar-refractivity contribution in [2.24, 2.45) is 0 Å². The minimum atomic E-state index is -0.0437. The van der Waals surface area contributed by atoms with Crippen molar-refractivity contribution < 1.29 is 9.53 Å². The number of benzene rings is 1. The van der Waals surface area contributed by atoms with Gasteiger partial charge in [0.2, 0.25) is 0 Å². The fraction of sp³-hybridized carbons (Fsp3) is 0.440. The Balaban J connectivity index is 1.60. The number of hydrogen-bond acceptors (Lipinski definition) is 3. The number of para-hydroxylation sites is 1. The summed E-state index contributed by atoms with van der Waals surface area (Å²) in [7, 11) is 1.80. The van der Waals surface area contributed by atoms with E-state index in [1.54, 1.807) is 11.9 Å². The number of carbonyl (C=O) groups is 1. The lowest BCUT2D eigenvalue weighted by Crippen LogP contribution is -2.26. The van der Waals surface area contributed by atoms with Gasteiger partial charge in [0, 0.05) is 24.5 Å². The van der Waals surface area contributed by atoms with E-state index in [4.69, 9.17) is 9.72 Å². The van der Waals surface area contributed by atoms with Gasteiger partial charge >= 0.3 is 0 Å². The molecule has 1 aliphatic carbocycles. The highest BCUT2D eigenvalue weighted by atomic mass is 16.5. The van der Waals surface area contributed by atoms with Gasteiger partial charge in [-0.2, -0.15) is 0 Å². The first-order chi connectivity index (χ1) is 14.5. The summed E-state index contributed by atoms with van der Waals surface area (Å²) in [4.78, 5) is 19.5. The minimum Gasteiger partial charge on any atom is -0.372 e. The van der Waals surface area contributed by atoms with Gasteiger partial charge in [0.25, 0.3) is 5.91 Å². The smallest absolute Gasteiger partial charge is 0.258 e. The number of aromatic nitrogens is 2. The summed E-state index contributed by atoms with van der Waals surface area (Å²) in [5.74, 6) is 0.249. The molecular formula is C25H31N3O2. The number of hydrogen-bond donors (Lipinski definition) is 0. The van der Waals surface area contributed by atoms with Crippen molar-refractivity contribution in [2.75, 3.05) is 11.9 Å². The van der Waals surface area contributed by atoms with E-state index in [1.807, 2.05) is 48.7 Å². The summed E-state index contributed by atoms with van der Waals surface area (Å²) in [5.41, 5.74) is 4.45. The van der Waals surface area contributed by atoms with Gasteiger partial charge in [0.15, 0.2) is 0 Å². The average Bonchev–Trinajstić information content (AvgIpc) is 3.16. The van der Waals surface area contributed by atoms with Crippen molar-refractivity contribution >= 4 is 17.2 Å². The lowest BCUT2D eigenvalue weighted by Gasteiger charge is -2.22. The third-order valence-electron chi connectivity index (χ3n) is 6.01. The third-order valence-corrected chi connectivity index (χ3v) is 6.01. The Hall–Kier alpha value is -2.66. The van der Waals surface area contributed by atoms with Gasteiger partial charge in [0.05, 0.1) is 24.1 Å². The van der Waals surface area contributed by atoms with Gasteiger partial charge < -0.3 is 14.0 Å². The van der Waals surface area contributed by atoms with Gasteiger partial charge in [-0.25, -0.2) is 4.98 Å². The molecule has 2 heterocycles. The van der Waals surface area contributed by atoms with Crippen LogP contribution in [0.5, 0.6) is 0 Å². The molecular weight excluding hydrogens is 374 g/mol. The van der Waals surface area contributed by atoms with Crippen LogP contribution >= 0.6 is 0 Å². The van der Waals surface area contributed by atoms with Gasteiger partial charge in [-0.05, 0) is 43.0 Å². The van der Waals surface area contributed by atoms with Crippen LogP contribution in [0.3, 0.4) is 0 Å². The third kappa shape index (κ3) is 4.26. The lowest BCUT2D eigenvalue weighted by atomic mass is 9.98. The lowest BCUT2D eigenvalue weighted by molar-refractivity contribution is 0.0145. The SMILES string of the molecule is CC(C)c1nc2cc(C(=O)N(C)c3ccccc3)ccn2c1COC1CCCCC1. The maximum Gasteiger partial charge on any atom is 0.258 e. The number of fused-ring (bicyclic) bond motifs is 1. The molecule has 1 saturated carbocycles. The monoisotopic (exact) mass is 405 g/mol. The van der Waals surface area contributed by atoms with Crippen LogP contribution in [-0.2, 0) is 11.3 Å². The van der Waals surface area contributed by atoms with Gasteiger partial charge in [-0.1, -0.05) is 51.3 Å². The number of rotatable bonds is 6. The van der Waals surface area contributed by atoms with Crippen molar-refractivity contribution in [3.63, 3.8) is 0 Å². The highest BCUT2D eigenvalue weighted by Gasteiger charge is 2.21. The molecule has 30 heavy (non-hydrogen) atoms. The van der Waals surface area contributed by atoms with E-state index >= 15 is 0 Å². The Bertz CT molecular complexity index is 1000. The van der Waals surface area contributed by atoms with Gasteiger partial charge in [-0.15, -0.1) is 0 Å². The van der Waals surface area contributed by atoms with E-state index in [1.165, 1.54) is 19.3 Å². The van der Waals surface area contributed by atoms with Crippen LogP contribution in [0.2, 0.25) is 0 Å². The standard InChI is InChI=1S/C25H31N3O2/c1-18(2)24-22(17-30-21-12-8-5-9-13-21)28-15-14-19(16-23(28)26-24)25(29)27(3)20-10-6-4-7-11-20/h4,6-7,10-11,14-16,18,21H,5,8-9,12-13,17H2,1-3H3. The van der Waals surface area contributed by atoms with Crippen LogP contribution in [0, 0.1) is 0 Å². The van der Waals surface area contributed by atoms with Gasteiger partial charge in [0.1, 0.15) is 5.65 Å². The highest BCUT2D eigenvalue weighted by molar-refractivity contribution is 6.06. The summed E-state index contributed by atoms with van der Waals surface area (Å²) >= 11 is 0. The predicted molar refractivity (Wildman–Crippen MR) is 120 cm³/mol. The predicted octanol–water partition coefficient (Wildman–Crippen LogP) is 5.58. The Morgan fingerprint density at radius 1 is 1.17 bits per heavy atom. The minimum absolute atomic E-state index is 0.0437. The van der Waals surface area contributed by atoms with E-state index in [0.717, 1.165) is 35.6 Å². The molecule has 0 atom stereocenters. The van der Waals surface area contributed by atoms with Crippen LogP contribution in [0.25, 0.3) is 5.65 Å². The largest absolute Gasteiger partial charge is 0.372 e. The topological polar surface area (TPSA) is 46.8 Å². The van der Waals surface area contributed by atoms with E-state index < -0.39 is 0 Å². The molecule has 0 bridgehead atoms. The highest BCUT2D eigenvalue weighted by Crippen LogP contribution is 2.26. The Morgan fingerprint density at radius 3 is 2.60 bits per heavy atom. The molecule has 0 aliphatic heterocycles. The molecule has 5 heteroatoms. The molecule has 0 unspecified atom stereocenters. The number of pyridine rings is 1. The Morgan fingerprint density at radius 2 is 1.90 bits per heavy atom. The summed E-state index contributed by atoms with van der Waals surface area (Å²) in [6.07, 6.45) is 8.45. The zero-order valence-corrected chi connectivity index (χ0v) is 18.2. The molecule has 0 spiro atoms. The number of nitrogens with zero attached hydrogens (tertiary/aromatic N) is 3. The number of imidazole rings is 1. The molecule has 0 saturated heterocycles. The second-order valence-electron chi connectivity index (χ2n) is 8.51. The molecule has 1 aromatic carbocycles. The van der Waals surface area contributed by atoms with Gasteiger partial charge in [-0.3, -0.25) is 4.79 Å². The molecule has 4 rings (SSSR count). The fourth-order valence-corrected chi connectivity index (χ4v) is 4.24. The van der Waals surface area contributed by atoms with Crippen molar-refractivity contribution in [1.82, 2.24) is 9.38 Å². The van der Waals surface area contributed by atoms with E-state index in [0.29, 0.717) is 24.2 Å². The first-order valence-electron chi connectivity index (χ1n) is 11.0. The molecule has 1 fully saturated rings. The first kappa shape index (κ1) is 20.6. The molecule has 1 aliphatic rings. The van der Waals surface area contributed by atoms with Crippen LogP contribution in [0.4, 0.5) is 5.69 Å². The zero-order valence-electron chi connectivity index (χ0n) is 18.2. The van der Waals surface area contributed by atoms with Crippen LogP contribution in [0.15, 0.2) is 48.7 Å². The summed E-state index contributed by atoms with van der Waals surface area (Å²) in [6, 6.07) is 13.5. The molecule has 3 aromatic rings. The molecule has 2 aromatic heterocycles. The quantitative estimate of drug-likeness (QED) is 0.537. The maximum atomic E-state index is 13.0. The molecule has 5 nitrogen and oxygen atoms in total. The number of ether oxygens (including phenoxy) is 1. The summed E-state index contributed by atoms with van der Waals surface area (Å²) < 4.78 is 8.34. The molecule has 0 radical (unpaired) electrons. The van der Waals surface area contributed by atoms with E-state index in [-0.39, 0.29) is 5.91 Å². The number of amides is 1. The molecule has 1 amide bonds. The first-order valence-corrected chi connectivity index (χ1v) is 11.0. The summed E-state index contributed by atoms with van der Waals surface area (Å²) in [6.45, 7) is 4.87. The van der Waals surface area contributed by atoms with Crippen LogP contribution in [0.1, 0.15) is 73.6 Å². The average molecular weight is 406 g/mol. The normalized spacial score (nSPS) is 15.1.